The van der Waals surface area contributed by atoms with Crippen molar-refractivity contribution in [3.05, 3.63) is 63.9 Å². The summed E-state index contributed by atoms with van der Waals surface area (Å²) in [5.74, 6) is 1.82. The Bertz CT molecular complexity index is 1030. The molecular formula is C25H26ClFN2O. The van der Waals surface area contributed by atoms with E-state index in [9.17, 15) is 9.50 Å². The van der Waals surface area contributed by atoms with Gasteiger partial charge >= 0.3 is 0 Å². The van der Waals surface area contributed by atoms with Crippen LogP contribution in [0.5, 0.6) is 5.75 Å². The van der Waals surface area contributed by atoms with Crippen LogP contribution in [0.15, 0.2) is 46.6 Å². The zero-order valence-electron chi connectivity index (χ0n) is 17.1. The summed E-state index contributed by atoms with van der Waals surface area (Å²) in [6.45, 7) is 2.34. The van der Waals surface area contributed by atoms with Crippen molar-refractivity contribution in [2.75, 3.05) is 0 Å². The van der Waals surface area contributed by atoms with E-state index >= 15 is 0 Å². The summed E-state index contributed by atoms with van der Waals surface area (Å²) < 4.78 is 14.0. The summed E-state index contributed by atoms with van der Waals surface area (Å²) in [4.78, 5) is 0. The van der Waals surface area contributed by atoms with Crippen molar-refractivity contribution in [3.63, 3.8) is 0 Å². The Hall–Kier alpha value is -2.20. The van der Waals surface area contributed by atoms with Crippen LogP contribution in [0.1, 0.15) is 61.6 Å². The maximum absolute atomic E-state index is 14.0. The number of nitrogens with zero attached hydrogens (tertiary/aromatic N) is 2. The molecule has 0 aliphatic heterocycles. The summed E-state index contributed by atoms with van der Waals surface area (Å²) in [6.07, 6.45) is 7.97. The summed E-state index contributed by atoms with van der Waals surface area (Å²) >= 11 is 6.09. The molecule has 5 heteroatoms. The third-order valence-electron chi connectivity index (χ3n) is 7.82. The minimum Gasteiger partial charge on any atom is -0.508 e. The van der Waals surface area contributed by atoms with E-state index in [1.165, 1.54) is 29.8 Å². The molecule has 5 rings (SSSR count). The lowest BCUT2D eigenvalue weighted by Crippen LogP contribution is -2.42. The van der Waals surface area contributed by atoms with E-state index in [0.717, 1.165) is 37.8 Å². The number of aromatic hydroxyl groups is 1. The smallest absolute Gasteiger partial charge is 0.133 e. The first-order chi connectivity index (χ1) is 14.5. The van der Waals surface area contributed by atoms with Gasteiger partial charge in [-0.3, -0.25) is 0 Å². The van der Waals surface area contributed by atoms with Gasteiger partial charge in [0.2, 0.25) is 0 Å². The van der Waals surface area contributed by atoms with E-state index in [1.807, 2.05) is 12.1 Å². The molecule has 2 aromatic rings. The fraction of sp³-hybridized carbons (Fsp3) is 0.440. The Morgan fingerprint density at radius 1 is 1.17 bits per heavy atom. The Labute approximate surface area is 181 Å². The van der Waals surface area contributed by atoms with Crippen LogP contribution >= 0.6 is 11.6 Å². The molecule has 0 amide bonds. The van der Waals surface area contributed by atoms with E-state index in [0.29, 0.717) is 34.1 Å². The Morgan fingerprint density at radius 2 is 2.03 bits per heavy atom. The number of hydrogen-bond donors (Lipinski definition) is 1. The standard InChI is InChI=1S/C25H26ClFN2O/c1-25-12-11-18-17-8-6-16(30)13-15(17)5-7-19(18)21(25)9-10-24(25)29-28-14-20-22(26)3-2-4-23(20)27/h2-4,6,8,13-14,18-19,21,30H,5,7,9-12H2,1H3/b28-14-,29-24-/t18-,19+,21+,25+/m1/s1. The van der Waals surface area contributed by atoms with Crippen molar-refractivity contribution < 1.29 is 9.50 Å². The first kappa shape index (κ1) is 19.7. The van der Waals surface area contributed by atoms with Gasteiger partial charge < -0.3 is 5.11 Å². The number of hydrogen-bond acceptors (Lipinski definition) is 3. The zero-order chi connectivity index (χ0) is 20.9. The lowest BCUT2D eigenvalue weighted by molar-refractivity contribution is 0.0955. The molecule has 3 aliphatic rings. The van der Waals surface area contributed by atoms with E-state index < -0.39 is 0 Å². The highest BCUT2D eigenvalue weighted by molar-refractivity contribution is 6.33. The van der Waals surface area contributed by atoms with Crippen LogP contribution in [0.2, 0.25) is 5.02 Å². The third kappa shape index (κ3) is 3.17. The minimum atomic E-state index is -0.380. The molecule has 0 spiro atoms. The van der Waals surface area contributed by atoms with Crippen molar-refractivity contribution in [2.24, 2.45) is 27.5 Å². The maximum atomic E-state index is 14.0. The average Bonchev–Trinajstić information content (AvgIpc) is 3.06. The lowest BCUT2D eigenvalue weighted by Gasteiger charge is -2.49. The summed E-state index contributed by atoms with van der Waals surface area (Å²) in [6, 6.07) is 10.5. The van der Waals surface area contributed by atoms with Crippen molar-refractivity contribution in [1.29, 1.82) is 0 Å². The van der Waals surface area contributed by atoms with Crippen molar-refractivity contribution in [3.8, 4) is 5.75 Å². The molecule has 0 unspecified atom stereocenters. The molecule has 2 saturated carbocycles. The molecule has 0 aromatic heterocycles. The van der Waals surface area contributed by atoms with Gasteiger partial charge in [0.05, 0.1) is 11.2 Å². The fourth-order valence-corrected chi connectivity index (χ4v) is 6.52. The van der Waals surface area contributed by atoms with E-state index in [2.05, 4.69) is 23.2 Å². The van der Waals surface area contributed by atoms with Crippen LogP contribution in [0.25, 0.3) is 0 Å². The first-order valence-corrected chi connectivity index (χ1v) is 11.2. The predicted octanol–water partition coefficient (Wildman–Crippen LogP) is 6.52. The summed E-state index contributed by atoms with van der Waals surface area (Å²) in [7, 11) is 0. The third-order valence-corrected chi connectivity index (χ3v) is 8.15. The monoisotopic (exact) mass is 424 g/mol. The SMILES string of the molecule is C[C@]12CC[C@@H]3c4ccc(O)cc4CC[C@@H]3[C@@H]1CC/C2=N/N=C\c1c(F)cccc1Cl. The fourth-order valence-electron chi connectivity index (χ4n) is 6.31. The highest BCUT2D eigenvalue weighted by Gasteiger charge is 2.53. The second-order valence-electron chi connectivity index (χ2n) is 9.22. The minimum absolute atomic E-state index is 0.0615. The highest BCUT2D eigenvalue weighted by Crippen LogP contribution is 2.60. The van der Waals surface area contributed by atoms with Gasteiger partial charge in [-0.1, -0.05) is 30.7 Å². The van der Waals surface area contributed by atoms with Crippen molar-refractivity contribution in [1.82, 2.24) is 0 Å². The molecule has 156 valence electrons. The largest absolute Gasteiger partial charge is 0.508 e. The number of aryl methyl sites for hydroxylation is 1. The first-order valence-electron chi connectivity index (χ1n) is 10.8. The molecule has 2 fully saturated rings. The van der Waals surface area contributed by atoms with Gasteiger partial charge in [-0.25, -0.2) is 4.39 Å². The van der Waals surface area contributed by atoms with Gasteiger partial charge in [-0.05, 0) is 91.7 Å². The zero-order valence-corrected chi connectivity index (χ0v) is 17.9. The Balaban J connectivity index is 1.40. The predicted molar refractivity (Wildman–Crippen MR) is 119 cm³/mol. The van der Waals surface area contributed by atoms with Gasteiger partial charge in [-0.2, -0.15) is 10.2 Å². The summed E-state index contributed by atoms with van der Waals surface area (Å²) in [5.41, 5.74) is 4.25. The lowest BCUT2D eigenvalue weighted by atomic mass is 9.55. The van der Waals surface area contributed by atoms with Crippen LogP contribution in [0.3, 0.4) is 0 Å². The molecule has 0 bridgehead atoms. The van der Waals surface area contributed by atoms with Crippen molar-refractivity contribution in [2.45, 2.75) is 51.4 Å². The molecule has 1 N–H and O–H groups in total. The van der Waals surface area contributed by atoms with Gasteiger partial charge in [0.15, 0.2) is 0 Å². The molecule has 4 atom stereocenters. The average molecular weight is 425 g/mol. The number of phenols is 1. The molecule has 3 nitrogen and oxygen atoms in total. The Kier molecular flexibility index (Phi) is 4.93. The molecule has 0 heterocycles. The van der Waals surface area contributed by atoms with Crippen LogP contribution in [0.4, 0.5) is 4.39 Å². The van der Waals surface area contributed by atoms with E-state index in [-0.39, 0.29) is 11.2 Å². The molecule has 2 aromatic carbocycles. The number of phenolic OH excluding ortho intramolecular Hbond substituents is 1. The molecular weight excluding hydrogens is 399 g/mol. The number of benzene rings is 2. The number of halogens is 2. The highest BCUT2D eigenvalue weighted by atomic mass is 35.5. The number of rotatable bonds is 2. The van der Waals surface area contributed by atoms with Gasteiger partial charge in [-0.15, -0.1) is 0 Å². The molecule has 3 aliphatic carbocycles. The van der Waals surface area contributed by atoms with Crippen LogP contribution in [-0.2, 0) is 6.42 Å². The molecule has 30 heavy (non-hydrogen) atoms. The molecule has 0 saturated heterocycles. The quantitative estimate of drug-likeness (QED) is 0.433. The van der Waals surface area contributed by atoms with E-state index in [4.69, 9.17) is 11.6 Å². The normalized spacial score (nSPS) is 31.6. The topological polar surface area (TPSA) is 45.0 Å². The molecule has 0 radical (unpaired) electrons. The second-order valence-corrected chi connectivity index (χ2v) is 9.63. The van der Waals surface area contributed by atoms with E-state index in [1.54, 1.807) is 12.1 Å². The van der Waals surface area contributed by atoms with Crippen LogP contribution in [-0.4, -0.2) is 17.0 Å². The van der Waals surface area contributed by atoms with Crippen molar-refractivity contribution >= 4 is 23.5 Å². The number of fused-ring (bicyclic) bond motifs is 5. The van der Waals surface area contributed by atoms with Crippen LogP contribution in [0, 0.1) is 23.1 Å². The van der Waals surface area contributed by atoms with Gasteiger partial charge in [0, 0.05) is 16.7 Å². The Morgan fingerprint density at radius 3 is 2.87 bits per heavy atom. The van der Waals surface area contributed by atoms with Gasteiger partial charge in [0.25, 0.3) is 0 Å². The second kappa shape index (κ2) is 7.49. The van der Waals surface area contributed by atoms with Crippen LogP contribution < -0.4 is 0 Å². The van der Waals surface area contributed by atoms with Gasteiger partial charge in [0.1, 0.15) is 11.6 Å². The summed E-state index contributed by atoms with van der Waals surface area (Å²) in [5, 5.41) is 19.0. The maximum Gasteiger partial charge on any atom is 0.133 e.